The van der Waals surface area contributed by atoms with Crippen molar-refractivity contribution in [3.63, 3.8) is 0 Å². The molecule has 4 aliphatic rings. The van der Waals surface area contributed by atoms with Crippen molar-refractivity contribution in [2.24, 2.45) is 17.6 Å². The maximum Gasteiger partial charge on any atom is 0.237 e. The Labute approximate surface area is 110 Å². The van der Waals surface area contributed by atoms with E-state index in [2.05, 4.69) is 4.90 Å². The molecule has 18 heavy (non-hydrogen) atoms. The molecule has 0 aromatic heterocycles. The number of nitrogens with zero attached hydrogens (tertiary/aromatic N) is 1. The highest BCUT2D eigenvalue weighted by atomic mass is 16.1. The molecule has 0 unspecified atom stereocenters. The van der Waals surface area contributed by atoms with Crippen LogP contribution >= 0.6 is 0 Å². The number of fused-ring (bicyclic) bond motifs is 4. The minimum atomic E-state index is -0.288. The Bertz CT molecular complexity index is 300. The van der Waals surface area contributed by atoms with Gasteiger partial charge in [-0.2, -0.15) is 0 Å². The lowest BCUT2D eigenvalue weighted by Gasteiger charge is -2.44. The van der Waals surface area contributed by atoms with Crippen LogP contribution in [-0.2, 0) is 4.79 Å². The molecule has 0 atom stereocenters. The molecular formula is C15H26N2O. The molecular weight excluding hydrogens is 224 g/mol. The van der Waals surface area contributed by atoms with Crippen molar-refractivity contribution in [3.8, 4) is 0 Å². The van der Waals surface area contributed by atoms with Gasteiger partial charge in [-0.05, 0) is 50.4 Å². The van der Waals surface area contributed by atoms with E-state index in [-0.39, 0.29) is 11.4 Å². The summed E-state index contributed by atoms with van der Waals surface area (Å²) in [5.41, 5.74) is 5.53. The molecule has 1 amide bonds. The maximum atomic E-state index is 12.1. The van der Waals surface area contributed by atoms with Crippen LogP contribution in [0.3, 0.4) is 0 Å². The molecule has 0 aromatic carbocycles. The van der Waals surface area contributed by atoms with E-state index in [0.29, 0.717) is 0 Å². The van der Waals surface area contributed by atoms with Gasteiger partial charge in [0.25, 0.3) is 0 Å². The molecule has 0 spiro atoms. The van der Waals surface area contributed by atoms with Crippen molar-refractivity contribution in [2.45, 2.75) is 63.3 Å². The van der Waals surface area contributed by atoms with Gasteiger partial charge in [-0.3, -0.25) is 9.69 Å². The first-order chi connectivity index (χ1) is 8.71. The number of rotatable bonds is 2. The first-order valence-corrected chi connectivity index (χ1v) is 7.76. The second-order valence-electron chi connectivity index (χ2n) is 6.75. The minimum absolute atomic E-state index is 0.0523. The average Bonchev–Trinajstić information content (AvgIpc) is 2.73. The highest BCUT2D eigenvalue weighted by Crippen LogP contribution is 2.41. The lowest BCUT2D eigenvalue weighted by atomic mass is 9.79. The van der Waals surface area contributed by atoms with Crippen LogP contribution in [0.4, 0.5) is 0 Å². The third-order valence-electron chi connectivity index (χ3n) is 5.67. The van der Waals surface area contributed by atoms with Gasteiger partial charge in [-0.1, -0.05) is 19.3 Å². The summed E-state index contributed by atoms with van der Waals surface area (Å²) < 4.78 is 0. The molecule has 4 rings (SSSR count). The average molecular weight is 250 g/mol. The van der Waals surface area contributed by atoms with E-state index in [9.17, 15) is 4.79 Å². The van der Waals surface area contributed by atoms with Gasteiger partial charge in [0.1, 0.15) is 5.54 Å². The van der Waals surface area contributed by atoms with Crippen LogP contribution in [0.15, 0.2) is 0 Å². The molecule has 2 heterocycles. The first-order valence-electron chi connectivity index (χ1n) is 7.76. The quantitative estimate of drug-likeness (QED) is 0.817. The van der Waals surface area contributed by atoms with Crippen molar-refractivity contribution >= 4 is 5.91 Å². The fourth-order valence-electron chi connectivity index (χ4n) is 4.50. The highest BCUT2D eigenvalue weighted by molar-refractivity contribution is 5.84. The zero-order valence-corrected chi connectivity index (χ0v) is 11.4. The van der Waals surface area contributed by atoms with Crippen LogP contribution < -0.4 is 5.73 Å². The normalized spacial score (nSPS) is 36.2. The summed E-state index contributed by atoms with van der Waals surface area (Å²) in [6, 6.07) is 0. The van der Waals surface area contributed by atoms with E-state index in [1.807, 2.05) is 0 Å². The van der Waals surface area contributed by atoms with Gasteiger partial charge < -0.3 is 5.73 Å². The number of hydrogen-bond acceptors (Lipinski definition) is 2. The van der Waals surface area contributed by atoms with Gasteiger partial charge in [0, 0.05) is 13.1 Å². The summed E-state index contributed by atoms with van der Waals surface area (Å²) in [4.78, 5) is 14.6. The van der Waals surface area contributed by atoms with Crippen molar-refractivity contribution in [1.82, 2.24) is 4.90 Å². The van der Waals surface area contributed by atoms with Crippen molar-refractivity contribution in [3.05, 3.63) is 0 Å². The van der Waals surface area contributed by atoms with Gasteiger partial charge in [0.2, 0.25) is 5.91 Å². The molecule has 3 nitrogen and oxygen atoms in total. The Balaban J connectivity index is 1.83. The van der Waals surface area contributed by atoms with Crippen LogP contribution in [0.25, 0.3) is 0 Å². The number of amides is 1. The summed E-state index contributed by atoms with van der Waals surface area (Å²) in [5.74, 6) is 1.59. The molecule has 2 saturated carbocycles. The second kappa shape index (κ2) is 4.84. The summed E-state index contributed by atoms with van der Waals surface area (Å²) >= 11 is 0. The Morgan fingerprint density at radius 2 is 1.44 bits per heavy atom. The molecule has 2 bridgehead atoms. The molecule has 2 saturated heterocycles. The number of carbonyl (C=O) groups is 1. The molecule has 2 N–H and O–H groups in total. The van der Waals surface area contributed by atoms with Crippen molar-refractivity contribution in [2.75, 3.05) is 13.1 Å². The monoisotopic (exact) mass is 250 g/mol. The number of hydrogen-bond donors (Lipinski definition) is 1. The summed E-state index contributed by atoms with van der Waals surface area (Å²) in [6.45, 7) is 2.25. The fourth-order valence-corrected chi connectivity index (χ4v) is 4.50. The molecule has 0 aromatic rings. The fraction of sp³-hybridized carbons (Fsp3) is 0.933. The standard InChI is InChI=1S/C15H26N2O/c16-14(18)15(8-2-1-3-9-15)17-10-12-4-5-13(11-17)7-6-12/h12-13H,1-11H2,(H2,16,18). The van der Waals surface area contributed by atoms with Crippen molar-refractivity contribution in [1.29, 1.82) is 0 Å². The van der Waals surface area contributed by atoms with Gasteiger partial charge in [-0.25, -0.2) is 0 Å². The minimum Gasteiger partial charge on any atom is -0.368 e. The first kappa shape index (κ1) is 12.5. The van der Waals surface area contributed by atoms with E-state index in [1.54, 1.807) is 0 Å². The van der Waals surface area contributed by atoms with Gasteiger partial charge in [0.05, 0.1) is 0 Å². The Morgan fingerprint density at radius 3 is 1.89 bits per heavy atom. The van der Waals surface area contributed by atoms with E-state index in [4.69, 9.17) is 5.73 Å². The molecule has 4 fully saturated rings. The third-order valence-corrected chi connectivity index (χ3v) is 5.67. The zero-order valence-electron chi connectivity index (χ0n) is 11.4. The number of nitrogens with two attached hydrogens (primary N) is 1. The van der Waals surface area contributed by atoms with Gasteiger partial charge in [-0.15, -0.1) is 0 Å². The maximum absolute atomic E-state index is 12.1. The van der Waals surface area contributed by atoms with Crippen LogP contribution in [-0.4, -0.2) is 29.4 Å². The van der Waals surface area contributed by atoms with Crippen LogP contribution in [0.5, 0.6) is 0 Å². The number of primary amides is 1. The summed E-state index contributed by atoms with van der Waals surface area (Å²) in [5, 5.41) is 0. The molecule has 3 heteroatoms. The summed E-state index contributed by atoms with van der Waals surface area (Å²) in [7, 11) is 0. The van der Waals surface area contributed by atoms with Crippen LogP contribution in [0.1, 0.15) is 57.8 Å². The molecule has 2 aliphatic heterocycles. The second-order valence-corrected chi connectivity index (χ2v) is 6.75. The third kappa shape index (κ3) is 2.07. The lowest BCUT2D eigenvalue weighted by molar-refractivity contribution is -0.133. The lowest BCUT2D eigenvalue weighted by Crippen LogP contribution is -2.59. The summed E-state index contributed by atoms with van der Waals surface area (Å²) in [6.07, 6.45) is 11.1. The predicted molar refractivity (Wildman–Crippen MR) is 72.0 cm³/mol. The zero-order chi connectivity index (χ0) is 12.6. The predicted octanol–water partition coefficient (Wildman–Crippen LogP) is 2.30. The molecule has 102 valence electrons. The van der Waals surface area contributed by atoms with E-state index in [1.165, 1.54) is 44.9 Å². The van der Waals surface area contributed by atoms with E-state index in [0.717, 1.165) is 37.8 Å². The molecule has 0 radical (unpaired) electrons. The van der Waals surface area contributed by atoms with Crippen molar-refractivity contribution < 1.29 is 4.79 Å². The van der Waals surface area contributed by atoms with Gasteiger partial charge >= 0.3 is 0 Å². The SMILES string of the molecule is NC(=O)C1(N2CC3CCC(CC3)C2)CCCCC1. The largest absolute Gasteiger partial charge is 0.368 e. The van der Waals surface area contributed by atoms with Crippen LogP contribution in [0.2, 0.25) is 0 Å². The van der Waals surface area contributed by atoms with Crippen LogP contribution in [0, 0.1) is 11.8 Å². The molecule has 2 aliphatic carbocycles. The van der Waals surface area contributed by atoms with E-state index >= 15 is 0 Å². The Hall–Kier alpha value is -0.570. The van der Waals surface area contributed by atoms with Gasteiger partial charge in [0.15, 0.2) is 0 Å². The Kier molecular flexibility index (Phi) is 3.35. The highest BCUT2D eigenvalue weighted by Gasteiger charge is 2.46. The Morgan fingerprint density at radius 1 is 0.944 bits per heavy atom. The smallest absolute Gasteiger partial charge is 0.237 e. The number of carbonyl (C=O) groups excluding carboxylic acids is 1. The van der Waals surface area contributed by atoms with E-state index < -0.39 is 0 Å². The topological polar surface area (TPSA) is 46.3 Å².